The summed E-state index contributed by atoms with van der Waals surface area (Å²) in [5.41, 5.74) is 7.55. The Bertz CT molecular complexity index is 363. The van der Waals surface area contributed by atoms with Crippen LogP contribution in [-0.4, -0.2) is 12.1 Å². The van der Waals surface area contributed by atoms with E-state index in [0.717, 1.165) is 24.9 Å². The molecule has 0 spiro atoms. The maximum Gasteiger partial charge on any atom is 0.0309 e. The Morgan fingerprint density at radius 3 is 2.56 bits per heavy atom. The Morgan fingerprint density at radius 1 is 1.22 bits per heavy atom. The molecule has 1 saturated carbocycles. The zero-order valence-electron chi connectivity index (χ0n) is 11.7. The molecule has 0 radical (unpaired) electrons. The van der Waals surface area contributed by atoms with Gasteiger partial charge in [0, 0.05) is 18.6 Å². The molecular formula is C16H26N2. The maximum absolute atomic E-state index is 6.05. The minimum absolute atomic E-state index is 0.155. The monoisotopic (exact) mass is 246 g/mol. The van der Waals surface area contributed by atoms with Crippen molar-refractivity contribution in [3.63, 3.8) is 0 Å². The number of rotatable bonds is 4. The van der Waals surface area contributed by atoms with Crippen LogP contribution in [0.2, 0.25) is 0 Å². The van der Waals surface area contributed by atoms with Crippen LogP contribution in [0.1, 0.15) is 38.7 Å². The lowest BCUT2D eigenvalue weighted by Gasteiger charge is -2.43. The van der Waals surface area contributed by atoms with E-state index in [0.29, 0.717) is 0 Å². The summed E-state index contributed by atoms with van der Waals surface area (Å²) in [6.45, 7) is 6.40. The standard InChI is InChI=1S/C16H26N2/c1-13-8-9-16(12-17,10-14(13)2)18-11-15-6-4-3-5-7-15/h3-7,13-14,18H,8-12,17H2,1-2H3. The molecule has 2 heteroatoms. The van der Waals surface area contributed by atoms with Crippen LogP contribution in [0.4, 0.5) is 0 Å². The molecular weight excluding hydrogens is 220 g/mol. The molecule has 0 heterocycles. The highest BCUT2D eigenvalue weighted by molar-refractivity contribution is 5.15. The molecule has 1 aliphatic carbocycles. The Labute approximate surface area is 111 Å². The van der Waals surface area contributed by atoms with Gasteiger partial charge in [0.15, 0.2) is 0 Å². The van der Waals surface area contributed by atoms with Gasteiger partial charge in [-0.1, -0.05) is 44.2 Å². The van der Waals surface area contributed by atoms with E-state index < -0.39 is 0 Å². The smallest absolute Gasteiger partial charge is 0.0309 e. The molecule has 2 rings (SSSR count). The fourth-order valence-corrected chi connectivity index (χ4v) is 3.01. The normalized spacial score (nSPS) is 32.4. The molecule has 2 nitrogen and oxygen atoms in total. The Kier molecular flexibility index (Phi) is 4.41. The highest BCUT2D eigenvalue weighted by Crippen LogP contribution is 2.35. The molecule has 3 unspecified atom stereocenters. The summed E-state index contributed by atoms with van der Waals surface area (Å²) in [4.78, 5) is 0. The van der Waals surface area contributed by atoms with Crippen LogP contribution in [0.25, 0.3) is 0 Å². The molecule has 18 heavy (non-hydrogen) atoms. The van der Waals surface area contributed by atoms with Crippen LogP contribution in [0.3, 0.4) is 0 Å². The number of nitrogens with one attached hydrogen (secondary N) is 1. The third-order valence-corrected chi connectivity index (χ3v) is 4.66. The summed E-state index contributed by atoms with van der Waals surface area (Å²) in [5, 5.41) is 3.73. The Morgan fingerprint density at radius 2 is 1.94 bits per heavy atom. The van der Waals surface area contributed by atoms with Crippen molar-refractivity contribution >= 4 is 0 Å². The summed E-state index contributed by atoms with van der Waals surface area (Å²) < 4.78 is 0. The van der Waals surface area contributed by atoms with Gasteiger partial charge in [-0.3, -0.25) is 0 Å². The van der Waals surface area contributed by atoms with E-state index in [-0.39, 0.29) is 5.54 Å². The van der Waals surface area contributed by atoms with E-state index in [2.05, 4.69) is 49.5 Å². The molecule has 0 amide bonds. The van der Waals surface area contributed by atoms with Crippen LogP contribution >= 0.6 is 0 Å². The summed E-state index contributed by atoms with van der Waals surface area (Å²) in [7, 11) is 0. The Hall–Kier alpha value is -0.860. The van der Waals surface area contributed by atoms with Gasteiger partial charge in [-0.2, -0.15) is 0 Å². The number of hydrogen-bond donors (Lipinski definition) is 2. The van der Waals surface area contributed by atoms with Crippen molar-refractivity contribution in [2.75, 3.05) is 6.54 Å². The first-order valence-corrected chi connectivity index (χ1v) is 7.14. The van der Waals surface area contributed by atoms with Crippen LogP contribution in [0, 0.1) is 11.8 Å². The number of nitrogens with two attached hydrogens (primary N) is 1. The third kappa shape index (κ3) is 3.12. The van der Waals surface area contributed by atoms with Crippen molar-refractivity contribution in [3.8, 4) is 0 Å². The molecule has 1 aromatic carbocycles. The quantitative estimate of drug-likeness (QED) is 0.857. The van der Waals surface area contributed by atoms with Crippen molar-refractivity contribution in [1.29, 1.82) is 0 Å². The molecule has 0 aromatic heterocycles. The van der Waals surface area contributed by atoms with Gasteiger partial charge in [0.25, 0.3) is 0 Å². The largest absolute Gasteiger partial charge is 0.329 e. The topological polar surface area (TPSA) is 38.0 Å². The first-order valence-electron chi connectivity index (χ1n) is 7.14. The van der Waals surface area contributed by atoms with Gasteiger partial charge in [0.05, 0.1) is 0 Å². The maximum atomic E-state index is 6.05. The van der Waals surface area contributed by atoms with Gasteiger partial charge in [0.2, 0.25) is 0 Å². The van der Waals surface area contributed by atoms with Crippen molar-refractivity contribution in [2.24, 2.45) is 17.6 Å². The van der Waals surface area contributed by atoms with Gasteiger partial charge < -0.3 is 11.1 Å². The minimum Gasteiger partial charge on any atom is -0.329 e. The third-order valence-electron chi connectivity index (χ3n) is 4.66. The fraction of sp³-hybridized carbons (Fsp3) is 0.625. The van der Waals surface area contributed by atoms with Crippen molar-refractivity contribution < 1.29 is 0 Å². The average Bonchev–Trinajstić information content (AvgIpc) is 2.42. The van der Waals surface area contributed by atoms with Crippen LogP contribution in [0.5, 0.6) is 0 Å². The summed E-state index contributed by atoms with van der Waals surface area (Å²) in [6, 6.07) is 10.6. The lowest BCUT2D eigenvalue weighted by Crippen LogP contribution is -2.54. The fourth-order valence-electron chi connectivity index (χ4n) is 3.01. The predicted octanol–water partition coefficient (Wildman–Crippen LogP) is 2.93. The second-order valence-corrected chi connectivity index (χ2v) is 6.02. The van der Waals surface area contributed by atoms with E-state index >= 15 is 0 Å². The summed E-state index contributed by atoms with van der Waals surface area (Å²) >= 11 is 0. The molecule has 0 bridgehead atoms. The summed E-state index contributed by atoms with van der Waals surface area (Å²) in [5.74, 6) is 1.61. The van der Waals surface area contributed by atoms with Crippen molar-refractivity contribution in [2.45, 2.75) is 45.2 Å². The first-order chi connectivity index (χ1) is 8.65. The van der Waals surface area contributed by atoms with Gasteiger partial charge in [-0.15, -0.1) is 0 Å². The predicted molar refractivity (Wildman–Crippen MR) is 77.2 cm³/mol. The SMILES string of the molecule is CC1CCC(CN)(NCc2ccccc2)CC1C. The van der Waals surface area contributed by atoms with Crippen LogP contribution in [0.15, 0.2) is 30.3 Å². The van der Waals surface area contributed by atoms with Gasteiger partial charge >= 0.3 is 0 Å². The molecule has 1 aromatic rings. The zero-order chi connectivity index (χ0) is 13.0. The van der Waals surface area contributed by atoms with E-state index in [4.69, 9.17) is 5.73 Å². The average molecular weight is 246 g/mol. The molecule has 1 aliphatic rings. The molecule has 3 N–H and O–H groups in total. The molecule has 100 valence electrons. The van der Waals surface area contributed by atoms with Crippen molar-refractivity contribution in [1.82, 2.24) is 5.32 Å². The van der Waals surface area contributed by atoms with E-state index in [9.17, 15) is 0 Å². The molecule has 1 fully saturated rings. The lowest BCUT2D eigenvalue weighted by atomic mass is 9.71. The molecule has 0 aliphatic heterocycles. The van der Waals surface area contributed by atoms with Gasteiger partial charge in [-0.05, 0) is 36.7 Å². The number of hydrogen-bond acceptors (Lipinski definition) is 2. The lowest BCUT2D eigenvalue weighted by molar-refractivity contribution is 0.145. The Balaban J connectivity index is 1.97. The highest BCUT2D eigenvalue weighted by Gasteiger charge is 2.36. The van der Waals surface area contributed by atoms with Crippen LogP contribution in [-0.2, 0) is 6.54 Å². The van der Waals surface area contributed by atoms with Gasteiger partial charge in [0.1, 0.15) is 0 Å². The molecule has 0 saturated heterocycles. The minimum atomic E-state index is 0.155. The first kappa shape index (κ1) is 13.6. The second-order valence-electron chi connectivity index (χ2n) is 6.02. The molecule has 3 atom stereocenters. The van der Waals surface area contributed by atoms with Gasteiger partial charge in [-0.25, -0.2) is 0 Å². The summed E-state index contributed by atoms with van der Waals surface area (Å²) in [6.07, 6.45) is 3.71. The van der Waals surface area contributed by atoms with E-state index in [1.807, 2.05) is 0 Å². The number of benzene rings is 1. The zero-order valence-corrected chi connectivity index (χ0v) is 11.7. The van der Waals surface area contributed by atoms with Crippen LogP contribution < -0.4 is 11.1 Å². The van der Waals surface area contributed by atoms with E-state index in [1.165, 1.54) is 24.8 Å². The van der Waals surface area contributed by atoms with Crippen molar-refractivity contribution in [3.05, 3.63) is 35.9 Å². The second kappa shape index (κ2) is 5.85. The highest BCUT2D eigenvalue weighted by atomic mass is 15.0. The van der Waals surface area contributed by atoms with E-state index in [1.54, 1.807) is 0 Å².